The first-order valence-electron chi connectivity index (χ1n) is 9.38. The van der Waals surface area contributed by atoms with Crippen LogP contribution in [0.5, 0.6) is 5.75 Å². The lowest BCUT2D eigenvalue weighted by Crippen LogP contribution is -2.13. The fraction of sp³-hybridized carbons (Fsp3) is 0.227. The molecule has 0 spiro atoms. The molecule has 0 saturated heterocycles. The van der Waals surface area contributed by atoms with Gasteiger partial charge in [-0.05, 0) is 36.2 Å². The van der Waals surface area contributed by atoms with Crippen LogP contribution in [0.1, 0.15) is 35.7 Å². The zero-order valence-electron chi connectivity index (χ0n) is 15.9. The van der Waals surface area contributed by atoms with Crippen molar-refractivity contribution in [3.63, 3.8) is 0 Å². The summed E-state index contributed by atoms with van der Waals surface area (Å²) in [6.45, 7) is 3.45. The van der Waals surface area contributed by atoms with E-state index in [9.17, 15) is 4.79 Å². The van der Waals surface area contributed by atoms with Gasteiger partial charge in [0.25, 0.3) is 5.91 Å². The van der Waals surface area contributed by atoms with Gasteiger partial charge >= 0.3 is 0 Å². The normalized spacial score (nSPS) is 10.3. The summed E-state index contributed by atoms with van der Waals surface area (Å²) >= 11 is 0. The van der Waals surface area contributed by atoms with Gasteiger partial charge in [-0.15, -0.1) is 0 Å². The van der Waals surface area contributed by atoms with Gasteiger partial charge in [0.05, 0.1) is 5.56 Å². The average Bonchev–Trinajstić information content (AvgIpc) is 2.75. The third kappa shape index (κ3) is 5.81. The fourth-order valence-electron chi connectivity index (χ4n) is 2.49. The number of benzene rings is 2. The van der Waals surface area contributed by atoms with Gasteiger partial charge in [-0.3, -0.25) is 4.79 Å². The number of carbonyl (C=O) groups is 1. The van der Waals surface area contributed by atoms with Crippen molar-refractivity contribution in [3.8, 4) is 5.75 Å². The van der Waals surface area contributed by atoms with Crippen molar-refractivity contribution < 1.29 is 9.53 Å². The van der Waals surface area contributed by atoms with Gasteiger partial charge in [-0.2, -0.15) is 0 Å². The molecule has 6 heteroatoms. The number of rotatable bonds is 9. The lowest BCUT2D eigenvalue weighted by atomic mass is 10.2. The molecule has 0 unspecified atom stereocenters. The maximum Gasteiger partial charge on any atom is 0.258 e. The predicted octanol–water partition coefficient (Wildman–Crippen LogP) is 4.52. The van der Waals surface area contributed by atoms with Gasteiger partial charge in [0.2, 0.25) is 5.95 Å². The van der Waals surface area contributed by atoms with Crippen LogP contribution in [0.15, 0.2) is 67.0 Å². The molecule has 0 atom stereocenters. The van der Waals surface area contributed by atoms with E-state index in [2.05, 4.69) is 27.5 Å². The quantitative estimate of drug-likeness (QED) is 0.537. The number of hydrogen-bond donors (Lipinski definition) is 2. The van der Waals surface area contributed by atoms with E-state index in [0.717, 1.165) is 30.7 Å². The predicted molar refractivity (Wildman–Crippen MR) is 111 cm³/mol. The van der Waals surface area contributed by atoms with Crippen LogP contribution in [0.25, 0.3) is 0 Å². The van der Waals surface area contributed by atoms with Gasteiger partial charge in [0.15, 0.2) is 0 Å². The third-order valence-corrected chi connectivity index (χ3v) is 4.09. The Labute approximate surface area is 165 Å². The summed E-state index contributed by atoms with van der Waals surface area (Å²) < 4.78 is 5.75. The highest BCUT2D eigenvalue weighted by atomic mass is 16.5. The maximum atomic E-state index is 12.3. The standard InChI is InChI=1S/C22H24N4O2/c1-2-3-13-23-22-24-14-18(15-25-22)21(27)26-19-9-11-20(12-10-19)28-16-17-7-5-4-6-8-17/h4-12,14-15H,2-3,13,16H2,1H3,(H,26,27)(H,23,24,25). The molecular weight excluding hydrogens is 352 g/mol. The number of hydrogen-bond acceptors (Lipinski definition) is 5. The molecule has 3 aromatic rings. The molecule has 0 fully saturated rings. The van der Waals surface area contributed by atoms with Gasteiger partial charge in [-0.25, -0.2) is 9.97 Å². The van der Waals surface area contributed by atoms with Crippen molar-refractivity contribution in [2.45, 2.75) is 26.4 Å². The Morgan fingerprint density at radius 3 is 2.39 bits per heavy atom. The molecule has 0 radical (unpaired) electrons. The summed E-state index contributed by atoms with van der Waals surface area (Å²) in [5, 5.41) is 5.96. The van der Waals surface area contributed by atoms with Crippen molar-refractivity contribution in [2.75, 3.05) is 17.2 Å². The second-order valence-corrected chi connectivity index (χ2v) is 6.33. The Morgan fingerprint density at radius 2 is 1.71 bits per heavy atom. The lowest BCUT2D eigenvalue weighted by molar-refractivity contribution is 0.102. The Hall–Kier alpha value is -3.41. The molecule has 1 heterocycles. The molecule has 2 aromatic carbocycles. The van der Waals surface area contributed by atoms with Crippen LogP contribution in [-0.2, 0) is 6.61 Å². The topological polar surface area (TPSA) is 76.1 Å². The number of nitrogens with zero attached hydrogens (tertiary/aromatic N) is 2. The van der Waals surface area contributed by atoms with Crippen LogP contribution < -0.4 is 15.4 Å². The van der Waals surface area contributed by atoms with Crippen LogP contribution in [0.2, 0.25) is 0 Å². The first kappa shape index (κ1) is 19.4. The number of aromatic nitrogens is 2. The Balaban J connectivity index is 1.51. The highest BCUT2D eigenvalue weighted by Crippen LogP contribution is 2.18. The first-order valence-corrected chi connectivity index (χ1v) is 9.38. The van der Waals surface area contributed by atoms with E-state index < -0.39 is 0 Å². The smallest absolute Gasteiger partial charge is 0.258 e. The lowest BCUT2D eigenvalue weighted by Gasteiger charge is -2.09. The summed E-state index contributed by atoms with van der Waals surface area (Å²) in [6, 6.07) is 17.2. The molecule has 1 amide bonds. The number of ether oxygens (including phenoxy) is 1. The van der Waals surface area contributed by atoms with Crippen LogP contribution >= 0.6 is 0 Å². The van der Waals surface area contributed by atoms with Crippen LogP contribution in [-0.4, -0.2) is 22.4 Å². The summed E-state index contributed by atoms with van der Waals surface area (Å²) in [7, 11) is 0. The summed E-state index contributed by atoms with van der Waals surface area (Å²) in [4.78, 5) is 20.7. The maximum absolute atomic E-state index is 12.3. The molecule has 0 saturated carbocycles. The van der Waals surface area contributed by atoms with Gasteiger partial charge < -0.3 is 15.4 Å². The Kier molecular flexibility index (Phi) is 6.95. The van der Waals surface area contributed by atoms with Crippen LogP contribution in [0, 0.1) is 0 Å². The molecule has 0 aliphatic rings. The van der Waals surface area contributed by atoms with Crippen molar-refractivity contribution >= 4 is 17.5 Å². The van der Waals surface area contributed by atoms with E-state index in [4.69, 9.17) is 4.74 Å². The zero-order chi connectivity index (χ0) is 19.6. The summed E-state index contributed by atoms with van der Waals surface area (Å²) in [5.41, 5.74) is 2.19. The van der Waals surface area contributed by atoms with Crippen molar-refractivity contribution in [1.82, 2.24) is 9.97 Å². The third-order valence-electron chi connectivity index (χ3n) is 4.09. The van der Waals surface area contributed by atoms with Gasteiger partial charge in [-0.1, -0.05) is 43.7 Å². The highest BCUT2D eigenvalue weighted by molar-refractivity contribution is 6.03. The monoisotopic (exact) mass is 376 g/mol. The summed E-state index contributed by atoms with van der Waals surface area (Å²) in [5.74, 6) is 1.02. The first-order chi connectivity index (χ1) is 13.7. The molecule has 3 rings (SSSR count). The highest BCUT2D eigenvalue weighted by Gasteiger charge is 2.08. The van der Waals surface area contributed by atoms with E-state index in [-0.39, 0.29) is 5.91 Å². The molecule has 28 heavy (non-hydrogen) atoms. The van der Waals surface area contributed by atoms with E-state index in [1.807, 2.05) is 42.5 Å². The molecule has 0 aliphatic heterocycles. The van der Waals surface area contributed by atoms with Crippen LogP contribution in [0.3, 0.4) is 0 Å². The number of unbranched alkanes of at least 4 members (excludes halogenated alkanes) is 1. The Morgan fingerprint density at radius 1 is 1.00 bits per heavy atom. The van der Waals surface area contributed by atoms with E-state index in [1.54, 1.807) is 12.1 Å². The number of carbonyl (C=O) groups excluding carboxylic acids is 1. The van der Waals surface area contributed by atoms with E-state index in [0.29, 0.717) is 23.8 Å². The summed E-state index contributed by atoms with van der Waals surface area (Å²) in [6.07, 6.45) is 5.20. The molecule has 6 nitrogen and oxygen atoms in total. The molecule has 144 valence electrons. The fourth-order valence-corrected chi connectivity index (χ4v) is 2.49. The second-order valence-electron chi connectivity index (χ2n) is 6.33. The average molecular weight is 376 g/mol. The number of nitrogens with one attached hydrogen (secondary N) is 2. The van der Waals surface area contributed by atoms with Crippen molar-refractivity contribution in [3.05, 3.63) is 78.1 Å². The molecule has 0 aliphatic carbocycles. The molecular formula is C22H24N4O2. The molecule has 0 bridgehead atoms. The van der Waals surface area contributed by atoms with Crippen LogP contribution in [0.4, 0.5) is 11.6 Å². The van der Waals surface area contributed by atoms with Gasteiger partial charge in [0.1, 0.15) is 12.4 Å². The largest absolute Gasteiger partial charge is 0.489 e. The van der Waals surface area contributed by atoms with Crippen molar-refractivity contribution in [1.29, 1.82) is 0 Å². The minimum absolute atomic E-state index is 0.252. The molecule has 2 N–H and O–H groups in total. The SMILES string of the molecule is CCCCNc1ncc(C(=O)Nc2ccc(OCc3ccccc3)cc2)cn1. The zero-order valence-corrected chi connectivity index (χ0v) is 15.9. The minimum atomic E-state index is -0.252. The Bertz CT molecular complexity index is 865. The molecule has 1 aromatic heterocycles. The minimum Gasteiger partial charge on any atom is -0.489 e. The van der Waals surface area contributed by atoms with Crippen molar-refractivity contribution in [2.24, 2.45) is 0 Å². The number of anilines is 2. The van der Waals surface area contributed by atoms with E-state index >= 15 is 0 Å². The van der Waals surface area contributed by atoms with Gasteiger partial charge in [0, 0.05) is 24.6 Å². The number of amides is 1. The second kappa shape index (κ2) is 10.1. The van der Waals surface area contributed by atoms with E-state index in [1.165, 1.54) is 12.4 Å².